The van der Waals surface area contributed by atoms with Gasteiger partial charge in [-0.05, 0) is 68.7 Å². The van der Waals surface area contributed by atoms with Crippen LogP contribution in [-0.2, 0) is 4.79 Å². The van der Waals surface area contributed by atoms with Crippen LogP contribution in [0.5, 0.6) is 0 Å². The number of likely N-dealkylation sites (N-methyl/N-ethyl adjacent to an activating group) is 1. The largest absolute Gasteiger partial charge is 0.374 e. The number of hydrogen-bond acceptors (Lipinski definition) is 6. The van der Waals surface area contributed by atoms with E-state index in [-0.39, 0.29) is 52.7 Å². The minimum Gasteiger partial charge on any atom is -0.374 e. The zero-order chi connectivity index (χ0) is 32.1. The maximum atomic E-state index is 14.9. The van der Waals surface area contributed by atoms with E-state index in [9.17, 15) is 26.7 Å². The zero-order valence-electron chi connectivity index (χ0n) is 24.8. The lowest BCUT2D eigenvalue weighted by molar-refractivity contribution is -0.124. The Labute approximate surface area is 251 Å². The first-order chi connectivity index (χ1) is 21.0. The van der Waals surface area contributed by atoms with Crippen molar-refractivity contribution in [1.82, 2.24) is 29.6 Å². The van der Waals surface area contributed by atoms with Gasteiger partial charge in [0.1, 0.15) is 12.4 Å². The molecular formula is C31H32F5N7O. The molecular weight excluding hydrogens is 581 g/mol. The SMILES string of the molecule is C/C=C1/C(=O)N(C)CC(c2cnc(-c3cnn(C(C)C)c3F)nc2)=C/C1=C(/C=C/F)[C@@H](CF)Nc1ccc(C)nc1C(F)F. The van der Waals surface area contributed by atoms with Crippen LogP contribution in [0.15, 0.2) is 72.0 Å². The summed E-state index contributed by atoms with van der Waals surface area (Å²) in [6, 6.07) is 1.30. The number of carbonyl (C=O) groups excluding carboxylic acids is 1. The molecule has 44 heavy (non-hydrogen) atoms. The van der Waals surface area contributed by atoms with Crippen LogP contribution in [0.3, 0.4) is 0 Å². The van der Waals surface area contributed by atoms with Gasteiger partial charge in [0.15, 0.2) is 5.82 Å². The molecule has 8 nitrogen and oxygen atoms in total. The number of pyridine rings is 1. The summed E-state index contributed by atoms with van der Waals surface area (Å²) in [7, 11) is 1.57. The van der Waals surface area contributed by atoms with Crippen molar-refractivity contribution < 1.29 is 26.7 Å². The molecule has 0 saturated heterocycles. The normalized spacial score (nSPS) is 17.1. The first kappa shape index (κ1) is 32.2. The maximum absolute atomic E-state index is 14.9. The van der Waals surface area contributed by atoms with Crippen LogP contribution in [0.2, 0.25) is 0 Å². The summed E-state index contributed by atoms with van der Waals surface area (Å²) in [6.07, 6.45) is 5.59. The van der Waals surface area contributed by atoms with E-state index >= 15 is 0 Å². The second kappa shape index (κ2) is 13.7. The molecule has 0 aromatic carbocycles. The molecule has 13 heteroatoms. The van der Waals surface area contributed by atoms with Gasteiger partial charge in [0.2, 0.25) is 5.95 Å². The molecule has 4 rings (SSSR count). The molecule has 3 aromatic rings. The lowest BCUT2D eigenvalue weighted by Gasteiger charge is -2.23. The van der Waals surface area contributed by atoms with Gasteiger partial charge in [0.05, 0.1) is 29.8 Å². The number of aryl methyl sites for hydroxylation is 1. The Bertz CT molecular complexity index is 1640. The average molecular weight is 614 g/mol. The highest BCUT2D eigenvalue weighted by Crippen LogP contribution is 2.33. The van der Waals surface area contributed by atoms with Crippen LogP contribution in [-0.4, -0.2) is 61.8 Å². The smallest absolute Gasteiger partial charge is 0.282 e. The molecule has 1 aliphatic heterocycles. The number of hydrogen-bond donors (Lipinski definition) is 1. The van der Waals surface area contributed by atoms with E-state index in [0.29, 0.717) is 16.8 Å². The molecule has 0 spiro atoms. The third kappa shape index (κ3) is 6.61. The Kier molecular flexibility index (Phi) is 10.1. The van der Waals surface area contributed by atoms with Crippen molar-refractivity contribution in [2.24, 2.45) is 0 Å². The third-order valence-corrected chi connectivity index (χ3v) is 7.05. The van der Waals surface area contributed by atoms with Crippen LogP contribution < -0.4 is 5.32 Å². The van der Waals surface area contributed by atoms with Crippen LogP contribution in [0.4, 0.5) is 27.6 Å². The quantitative estimate of drug-likeness (QED) is 0.213. The van der Waals surface area contributed by atoms with Gasteiger partial charge in [-0.2, -0.15) is 9.49 Å². The molecule has 0 bridgehead atoms. The van der Waals surface area contributed by atoms with Crippen molar-refractivity contribution in [3.05, 3.63) is 94.9 Å². The van der Waals surface area contributed by atoms with E-state index in [0.717, 1.165) is 6.08 Å². The van der Waals surface area contributed by atoms with E-state index in [1.807, 2.05) is 0 Å². The Morgan fingerprint density at radius 2 is 1.86 bits per heavy atom. The lowest BCUT2D eigenvalue weighted by atomic mass is 9.92. The van der Waals surface area contributed by atoms with Crippen molar-refractivity contribution in [3.8, 4) is 11.4 Å². The Hall–Kier alpha value is -4.68. The van der Waals surface area contributed by atoms with E-state index < -0.39 is 36.7 Å². The summed E-state index contributed by atoms with van der Waals surface area (Å²) in [5.41, 5.74) is 1.07. The monoisotopic (exact) mass is 613 g/mol. The molecule has 1 aliphatic rings. The summed E-state index contributed by atoms with van der Waals surface area (Å²) >= 11 is 0. The summed E-state index contributed by atoms with van der Waals surface area (Å²) in [5, 5.41) is 6.78. The van der Waals surface area contributed by atoms with Gasteiger partial charge in [-0.1, -0.05) is 6.08 Å². The number of allylic oxidation sites excluding steroid dienone is 2. The maximum Gasteiger partial charge on any atom is 0.282 e. The van der Waals surface area contributed by atoms with Crippen molar-refractivity contribution in [2.75, 3.05) is 25.6 Å². The third-order valence-electron chi connectivity index (χ3n) is 7.05. The van der Waals surface area contributed by atoms with E-state index in [1.54, 1.807) is 40.8 Å². The second-order valence-corrected chi connectivity index (χ2v) is 10.4. The van der Waals surface area contributed by atoms with Crippen molar-refractivity contribution in [1.29, 1.82) is 0 Å². The molecule has 0 saturated carbocycles. The lowest BCUT2D eigenvalue weighted by Crippen LogP contribution is -2.30. The van der Waals surface area contributed by atoms with Crippen molar-refractivity contribution >= 4 is 17.2 Å². The number of aromatic nitrogens is 5. The first-order valence-electron chi connectivity index (χ1n) is 13.8. The topological polar surface area (TPSA) is 88.8 Å². The molecule has 0 fully saturated rings. The standard InChI is InChI=1S/C31H32F5N7O/c1-6-21-23(22(9-10-32)26(12-33)41-25-8-7-18(4)40-27(25)28(34)35)11-19(16-42(5)31(21)44)20-13-37-30(38-14-20)24-15-39-43(17(2)3)29(24)36/h6-11,13-15,17,26,28,41H,12,16H2,1-5H3/b10-9+,21-6+,23-22+/t26-/m1/s1. The summed E-state index contributed by atoms with van der Waals surface area (Å²) < 4.78 is 72.1. The highest BCUT2D eigenvalue weighted by molar-refractivity contribution is 6.02. The molecule has 3 aromatic heterocycles. The second-order valence-electron chi connectivity index (χ2n) is 10.4. The Morgan fingerprint density at radius 3 is 2.43 bits per heavy atom. The fourth-order valence-corrected chi connectivity index (χ4v) is 4.84. The molecule has 1 atom stereocenters. The molecule has 232 valence electrons. The van der Waals surface area contributed by atoms with Crippen LogP contribution >= 0.6 is 0 Å². The number of nitrogens with zero attached hydrogens (tertiary/aromatic N) is 6. The van der Waals surface area contributed by atoms with Gasteiger partial charge in [-0.15, -0.1) is 0 Å². The number of nitrogens with one attached hydrogen (secondary N) is 1. The van der Waals surface area contributed by atoms with Gasteiger partial charge in [-0.3, -0.25) is 4.79 Å². The molecule has 0 aliphatic carbocycles. The van der Waals surface area contributed by atoms with Crippen molar-refractivity contribution in [3.63, 3.8) is 0 Å². The Balaban J connectivity index is 1.84. The molecule has 1 N–H and O–H groups in total. The number of rotatable bonds is 9. The van der Waals surface area contributed by atoms with E-state index in [4.69, 9.17) is 0 Å². The highest BCUT2D eigenvalue weighted by atomic mass is 19.3. The number of carbonyl (C=O) groups is 1. The number of anilines is 1. The predicted octanol–water partition coefficient (Wildman–Crippen LogP) is 6.73. The van der Waals surface area contributed by atoms with Crippen molar-refractivity contribution in [2.45, 2.75) is 46.2 Å². The van der Waals surface area contributed by atoms with E-state index in [1.165, 1.54) is 46.4 Å². The van der Waals surface area contributed by atoms with E-state index in [2.05, 4.69) is 25.4 Å². The van der Waals surface area contributed by atoms with Gasteiger partial charge < -0.3 is 10.2 Å². The fraction of sp³-hybridized carbons (Fsp3) is 0.323. The Morgan fingerprint density at radius 1 is 1.16 bits per heavy atom. The molecule has 4 heterocycles. The molecule has 0 unspecified atom stereocenters. The summed E-state index contributed by atoms with van der Waals surface area (Å²) in [4.78, 5) is 27.3. The minimum atomic E-state index is -2.95. The number of alkyl halides is 3. The van der Waals surface area contributed by atoms with Crippen LogP contribution in [0, 0.1) is 12.9 Å². The summed E-state index contributed by atoms with van der Waals surface area (Å²) in [6.45, 7) is 5.68. The predicted molar refractivity (Wildman–Crippen MR) is 158 cm³/mol. The zero-order valence-corrected chi connectivity index (χ0v) is 24.8. The fourth-order valence-electron chi connectivity index (χ4n) is 4.84. The van der Waals surface area contributed by atoms with Crippen LogP contribution in [0.1, 0.15) is 50.2 Å². The number of halogens is 5. The minimum absolute atomic E-state index is 0.00532. The first-order valence-corrected chi connectivity index (χ1v) is 13.8. The van der Waals surface area contributed by atoms with Gasteiger partial charge >= 0.3 is 0 Å². The number of amides is 1. The van der Waals surface area contributed by atoms with Gasteiger partial charge in [-0.25, -0.2) is 37.2 Å². The highest BCUT2D eigenvalue weighted by Gasteiger charge is 2.29. The van der Waals surface area contributed by atoms with Gasteiger partial charge in [0.25, 0.3) is 12.3 Å². The molecule has 1 amide bonds. The average Bonchev–Trinajstić information content (AvgIpc) is 3.34. The summed E-state index contributed by atoms with van der Waals surface area (Å²) in [5.74, 6) is -0.908. The molecule has 0 radical (unpaired) electrons. The van der Waals surface area contributed by atoms with Crippen LogP contribution in [0.25, 0.3) is 17.0 Å². The van der Waals surface area contributed by atoms with Gasteiger partial charge in [0, 0.05) is 48.9 Å².